The highest BCUT2D eigenvalue weighted by atomic mass is 19.1. The predicted octanol–water partition coefficient (Wildman–Crippen LogP) is 2.15. The number of hydrogen-bond acceptors (Lipinski definition) is 7. The van der Waals surface area contributed by atoms with E-state index in [1.54, 1.807) is 12.1 Å². The molecule has 2 aromatic rings. The Labute approximate surface area is 156 Å². The maximum atomic E-state index is 14.5. The first-order valence-corrected chi connectivity index (χ1v) is 8.77. The lowest BCUT2D eigenvalue weighted by Crippen LogP contribution is -2.43. The van der Waals surface area contributed by atoms with Gasteiger partial charge in [0.2, 0.25) is 5.88 Å². The lowest BCUT2D eigenvalue weighted by atomic mass is 9.91. The van der Waals surface area contributed by atoms with Gasteiger partial charge in [-0.2, -0.15) is 0 Å². The third-order valence-electron chi connectivity index (χ3n) is 4.59. The molecular formula is C18H23FN6O2. The van der Waals surface area contributed by atoms with Gasteiger partial charge < -0.3 is 26.8 Å². The number of pyridine rings is 2. The summed E-state index contributed by atoms with van der Waals surface area (Å²) in [5.41, 5.74) is 12.0. The summed E-state index contributed by atoms with van der Waals surface area (Å²) in [4.78, 5) is 20.0. The quantitative estimate of drug-likeness (QED) is 0.610. The van der Waals surface area contributed by atoms with Gasteiger partial charge in [-0.15, -0.1) is 0 Å². The monoisotopic (exact) mass is 374 g/mol. The molecule has 2 atom stereocenters. The Kier molecular flexibility index (Phi) is 5.70. The van der Waals surface area contributed by atoms with Gasteiger partial charge in [0, 0.05) is 18.2 Å². The molecule has 0 spiro atoms. The second-order valence-corrected chi connectivity index (χ2v) is 6.49. The van der Waals surface area contributed by atoms with Crippen LogP contribution in [0.2, 0.25) is 0 Å². The van der Waals surface area contributed by atoms with E-state index in [1.165, 1.54) is 13.3 Å². The highest BCUT2D eigenvalue weighted by Gasteiger charge is 2.24. The van der Waals surface area contributed by atoms with Crippen LogP contribution >= 0.6 is 0 Å². The molecule has 3 rings (SSSR count). The molecule has 2 aromatic heterocycles. The Hall–Kier alpha value is -2.94. The van der Waals surface area contributed by atoms with E-state index in [0.717, 1.165) is 31.7 Å². The summed E-state index contributed by atoms with van der Waals surface area (Å²) in [6, 6.07) is 4.28. The van der Waals surface area contributed by atoms with Gasteiger partial charge in [-0.25, -0.2) is 14.4 Å². The third-order valence-corrected chi connectivity index (χ3v) is 4.59. The van der Waals surface area contributed by atoms with Crippen LogP contribution in [0.3, 0.4) is 0 Å². The minimum atomic E-state index is -0.786. The zero-order chi connectivity index (χ0) is 19.4. The van der Waals surface area contributed by atoms with Crippen LogP contribution < -0.4 is 26.8 Å². The summed E-state index contributed by atoms with van der Waals surface area (Å²) in [7, 11) is 1.51. The molecule has 1 saturated carbocycles. The van der Waals surface area contributed by atoms with Crippen molar-refractivity contribution in [2.75, 3.05) is 17.7 Å². The number of nitrogens with two attached hydrogens (primary N) is 2. The molecule has 1 aliphatic rings. The first kappa shape index (κ1) is 18.8. The Morgan fingerprint density at radius 3 is 2.70 bits per heavy atom. The van der Waals surface area contributed by atoms with E-state index in [4.69, 9.17) is 16.2 Å². The third kappa shape index (κ3) is 4.43. The van der Waals surface area contributed by atoms with Crippen LogP contribution in [0.1, 0.15) is 36.0 Å². The molecule has 2 heterocycles. The number of amides is 1. The normalized spacial score (nSPS) is 19.4. The first-order valence-electron chi connectivity index (χ1n) is 8.77. The molecule has 6 N–H and O–H groups in total. The number of carbonyl (C=O) groups is 1. The Bertz CT molecular complexity index is 814. The minimum Gasteiger partial charge on any atom is -0.481 e. The lowest BCUT2D eigenvalue weighted by molar-refractivity contribution is 0.100. The van der Waals surface area contributed by atoms with Gasteiger partial charge >= 0.3 is 0 Å². The number of primary amides is 1. The summed E-state index contributed by atoms with van der Waals surface area (Å²) in [6.07, 6.45) is 5.31. The number of anilines is 3. The van der Waals surface area contributed by atoms with Crippen molar-refractivity contribution in [2.45, 2.75) is 37.8 Å². The number of carbonyl (C=O) groups excluding carboxylic acids is 1. The Balaban J connectivity index is 1.89. The fourth-order valence-corrected chi connectivity index (χ4v) is 3.10. The largest absolute Gasteiger partial charge is 0.481 e. The van der Waals surface area contributed by atoms with Crippen molar-refractivity contribution in [1.82, 2.24) is 9.97 Å². The average molecular weight is 374 g/mol. The first-order chi connectivity index (χ1) is 13.0. The number of aromatic nitrogens is 2. The molecule has 1 amide bonds. The Morgan fingerprint density at radius 1 is 1.30 bits per heavy atom. The van der Waals surface area contributed by atoms with Crippen molar-refractivity contribution >= 4 is 23.2 Å². The van der Waals surface area contributed by atoms with Crippen molar-refractivity contribution in [3.63, 3.8) is 0 Å². The molecule has 0 radical (unpaired) electrons. The molecule has 144 valence electrons. The second kappa shape index (κ2) is 8.17. The van der Waals surface area contributed by atoms with Crippen LogP contribution in [-0.2, 0) is 0 Å². The number of rotatable bonds is 6. The summed E-state index contributed by atoms with van der Waals surface area (Å²) in [6.45, 7) is 0. The molecular weight excluding hydrogens is 351 g/mol. The van der Waals surface area contributed by atoms with Gasteiger partial charge in [0.25, 0.3) is 5.91 Å². The average Bonchev–Trinajstić information content (AvgIpc) is 2.66. The van der Waals surface area contributed by atoms with Crippen molar-refractivity contribution in [3.05, 3.63) is 35.8 Å². The highest BCUT2D eigenvalue weighted by molar-refractivity contribution is 5.98. The molecule has 27 heavy (non-hydrogen) atoms. The molecule has 0 unspecified atom stereocenters. The highest BCUT2D eigenvalue weighted by Crippen LogP contribution is 2.26. The van der Waals surface area contributed by atoms with Crippen molar-refractivity contribution in [3.8, 4) is 5.88 Å². The Morgan fingerprint density at radius 2 is 2.07 bits per heavy atom. The van der Waals surface area contributed by atoms with Gasteiger partial charge in [0.05, 0.1) is 24.6 Å². The fourth-order valence-electron chi connectivity index (χ4n) is 3.10. The predicted molar refractivity (Wildman–Crippen MR) is 101 cm³/mol. The zero-order valence-corrected chi connectivity index (χ0v) is 15.0. The summed E-state index contributed by atoms with van der Waals surface area (Å²) in [5, 5.41) is 6.02. The van der Waals surface area contributed by atoms with Crippen molar-refractivity contribution in [2.24, 2.45) is 11.5 Å². The van der Waals surface area contributed by atoms with Gasteiger partial charge in [0.15, 0.2) is 11.6 Å². The maximum absolute atomic E-state index is 14.5. The molecule has 9 heteroatoms. The van der Waals surface area contributed by atoms with E-state index < -0.39 is 11.7 Å². The van der Waals surface area contributed by atoms with E-state index in [1.807, 2.05) is 0 Å². The second-order valence-electron chi connectivity index (χ2n) is 6.49. The topological polar surface area (TPSA) is 128 Å². The van der Waals surface area contributed by atoms with Crippen LogP contribution in [0.25, 0.3) is 0 Å². The van der Waals surface area contributed by atoms with Crippen LogP contribution in [0.5, 0.6) is 5.88 Å². The molecule has 0 aliphatic heterocycles. The van der Waals surface area contributed by atoms with Gasteiger partial charge in [-0.3, -0.25) is 4.79 Å². The zero-order valence-electron chi connectivity index (χ0n) is 15.0. The van der Waals surface area contributed by atoms with Gasteiger partial charge in [-0.05, 0) is 25.0 Å². The molecule has 0 aromatic carbocycles. The van der Waals surface area contributed by atoms with Gasteiger partial charge in [0.1, 0.15) is 5.82 Å². The van der Waals surface area contributed by atoms with Crippen molar-refractivity contribution in [1.29, 1.82) is 0 Å². The molecule has 0 bridgehead atoms. The number of methoxy groups -OCH3 is 1. The van der Waals surface area contributed by atoms with Crippen LogP contribution in [0.15, 0.2) is 24.4 Å². The van der Waals surface area contributed by atoms with E-state index >= 15 is 0 Å². The molecule has 1 aliphatic carbocycles. The van der Waals surface area contributed by atoms with Crippen LogP contribution in [0.4, 0.5) is 21.7 Å². The number of ether oxygens (including phenoxy) is 1. The van der Waals surface area contributed by atoms with E-state index in [2.05, 4.69) is 20.6 Å². The van der Waals surface area contributed by atoms with E-state index in [9.17, 15) is 9.18 Å². The maximum Gasteiger partial charge on any atom is 0.252 e. The van der Waals surface area contributed by atoms with Gasteiger partial charge in [-0.1, -0.05) is 12.8 Å². The van der Waals surface area contributed by atoms with Crippen molar-refractivity contribution < 1.29 is 13.9 Å². The minimum absolute atomic E-state index is 0.0336. The van der Waals surface area contributed by atoms with Crippen LogP contribution in [0, 0.1) is 5.82 Å². The number of halogens is 1. The molecule has 0 saturated heterocycles. The number of hydrogen-bond donors (Lipinski definition) is 4. The lowest BCUT2D eigenvalue weighted by Gasteiger charge is -2.30. The summed E-state index contributed by atoms with van der Waals surface area (Å²) in [5.74, 6) is -0.822. The smallest absolute Gasteiger partial charge is 0.252 e. The summed E-state index contributed by atoms with van der Waals surface area (Å²) < 4.78 is 19.5. The van der Waals surface area contributed by atoms with Crippen LogP contribution in [-0.4, -0.2) is 35.1 Å². The number of nitrogens with zero attached hydrogens (tertiary/aromatic N) is 2. The van der Waals surface area contributed by atoms with E-state index in [-0.39, 0.29) is 29.3 Å². The molecule has 1 fully saturated rings. The standard InChI is InChI=1S/C18H23FN6O2/c1-27-15-7-6-10(9-22-15)23-17-11(16(21)26)8-12(19)18(25-17)24-14-5-3-2-4-13(14)20/h6-9,13-14H,2-5,20H2,1H3,(H2,21,26)(H2,23,24,25)/t13-,14+/m0/s1. The fraction of sp³-hybridized carbons (Fsp3) is 0.389. The molecule has 8 nitrogen and oxygen atoms in total. The SMILES string of the molecule is COc1ccc(Nc2nc(N[C@@H]3CCCC[C@@H]3N)c(F)cc2C(N)=O)cn1. The number of nitrogens with one attached hydrogen (secondary N) is 2. The van der Waals surface area contributed by atoms with E-state index in [0.29, 0.717) is 11.6 Å². The summed E-state index contributed by atoms with van der Waals surface area (Å²) >= 11 is 0.